The number of hydrogen-bond acceptors (Lipinski definition) is 5. The largest absolute Gasteiger partial charge is 0.436 e. The molecule has 6 nitrogen and oxygen atoms in total. The van der Waals surface area contributed by atoms with Gasteiger partial charge in [0.1, 0.15) is 11.3 Å². The number of aromatic amines is 1. The van der Waals surface area contributed by atoms with Crippen molar-refractivity contribution in [1.82, 2.24) is 15.0 Å². The van der Waals surface area contributed by atoms with Crippen molar-refractivity contribution in [2.45, 2.75) is 13.8 Å². The summed E-state index contributed by atoms with van der Waals surface area (Å²) in [6, 6.07) is 30.9. The fourth-order valence-corrected chi connectivity index (χ4v) is 5.30. The van der Waals surface area contributed by atoms with E-state index in [-0.39, 0.29) is 0 Å². The lowest BCUT2D eigenvalue weighted by atomic mass is 10.00. The summed E-state index contributed by atoms with van der Waals surface area (Å²) in [7, 11) is 1.92. The Bertz CT molecular complexity index is 1780. The molecule has 0 aliphatic carbocycles. The fourth-order valence-electron chi connectivity index (χ4n) is 5.30. The second-order valence-electron chi connectivity index (χ2n) is 9.82. The number of oxazole rings is 1. The van der Waals surface area contributed by atoms with Gasteiger partial charge in [-0.2, -0.15) is 0 Å². The molecule has 4 aromatic carbocycles. The van der Waals surface area contributed by atoms with Gasteiger partial charge >= 0.3 is 0 Å². The van der Waals surface area contributed by atoms with Crippen molar-refractivity contribution < 1.29 is 4.42 Å². The zero-order chi connectivity index (χ0) is 28.3. The molecule has 0 aliphatic rings. The maximum atomic E-state index is 6.24. The third-order valence-corrected chi connectivity index (χ3v) is 7.51. The number of aromatic nitrogens is 3. The van der Waals surface area contributed by atoms with E-state index < -0.39 is 0 Å². The Kier molecular flexibility index (Phi) is 7.13. The summed E-state index contributed by atoms with van der Waals surface area (Å²) >= 11 is 0. The van der Waals surface area contributed by atoms with Crippen LogP contribution in [-0.2, 0) is 0 Å². The third-order valence-electron chi connectivity index (χ3n) is 7.51. The average Bonchev–Trinajstić information content (AvgIpc) is 3.67. The second kappa shape index (κ2) is 11.2. The van der Waals surface area contributed by atoms with Gasteiger partial charge in [-0.15, -0.1) is 0 Å². The van der Waals surface area contributed by atoms with Crippen LogP contribution in [0.5, 0.6) is 0 Å². The van der Waals surface area contributed by atoms with Gasteiger partial charge in [0.05, 0.1) is 17.0 Å². The summed E-state index contributed by atoms with van der Waals surface area (Å²) < 4.78 is 6.24. The number of fused-ring (bicyclic) bond motifs is 1. The number of nitrogens with zero attached hydrogens (tertiary/aromatic N) is 3. The normalized spacial score (nSPS) is 11.1. The van der Waals surface area contributed by atoms with Crippen LogP contribution in [0.15, 0.2) is 102 Å². The molecule has 6 heteroatoms. The number of para-hydroxylation sites is 2. The van der Waals surface area contributed by atoms with Crippen LogP contribution < -0.4 is 10.2 Å². The smallest absolute Gasteiger partial charge is 0.228 e. The maximum Gasteiger partial charge on any atom is 0.228 e. The molecule has 0 unspecified atom stereocenters. The van der Waals surface area contributed by atoms with Gasteiger partial charge in [0.25, 0.3) is 0 Å². The Labute approximate surface area is 240 Å². The molecule has 0 spiro atoms. The summed E-state index contributed by atoms with van der Waals surface area (Å²) in [6.07, 6.45) is 1.83. The number of H-pyrrole nitrogens is 1. The van der Waals surface area contributed by atoms with Crippen LogP contribution in [-0.4, -0.2) is 35.1 Å². The minimum Gasteiger partial charge on any atom is -0.436 e. The predicted molar refractivity (Wildman–Crippen MR) is 171 cm³/mol. The molecular formula is C35H33N5O. The van der Waals surface area contributed by atoms with Crippen LogP contribution >= 0.6 is 0 Å². The maximum absolute atomic E-state index is 6.24. The summed E-state index contributed by atoms with van der Waals surface area (Å²) in [6.45, 7) is 10.3. The Morgan fingerprint density at radius 2 is 1.59 bits per heavy atom. The molecule has 0 bridgehead atoms. The molecular weight excluding hydrogens is 506 g/mol. The molecule has 0 amide bonds. The van der Waals surface area contributed by atoms with Crippen molar-refractivity contribution >= 4 is 28.6 Å². The lowest BCUT2D eigenvalue weighted by Gasteiger charge is -2.21. The number of nitrogens with one attached hydrogen (secondary N) is 2. The first-order valence-electron chi connectivity index (χ1n) is 14.0. The van der Waals surface area contributed by atoms with Crippen molar-refractivity contribution in [3.63, 3.8) is 0 Å². The molecule has 6 aromatic rings. The van der Waals surface area contributed by atoms with E-state index in [1.807, 2.05) is 49.5 Å². The Morgan fingerprint density at radius 3 is 2.27 bits per heavy atom. The lowest BCUT2D eigenvalue weighted by molar-refractivity contribution is 0.620. The zero-order valence-electron chi connectivity index (χ0n) is 23.6. The fraction of sp³-hybridized carbons (Fsp3) is 0.143. The van der Waals surface area contributed by atoms with Gasteiger partial charge in [-0.25, -0.2) is 9.97 Å². The zero-order valence-corrected chi connectivity index (χ0v) is 23.6. The number of hydrogen-bond donors (Lipinski definition) is 2. The van der Waals surface area contributed by atoms with E-state index in [1.165, 1.54) is 5.69 Å². The van der Waals surface area contributed by atoms with Crippen molar-refractivity contribution in [1.29, 1.82) is 0 Å². The number of anilines is 2. The second-order valence-corrected chi connectivity index (χ2v) is 9.82. The standard InChI is InChI=1S/C35H33N5O/c1-5-23-11-10-12-28(31(23)35-37-29-13-8-9-14-30(29)41-35)34-38-32(24-15-19-26(36-4)20-16-24)33(39-34)25-17-21-27(22-18-25)40(6-2)7-3/h5,8-22,36H,1,6-7H2,2-4H3,(H,38,39). The Balaban J connectivity index is 1.53. The van der Waals surface area contributed by atoms with E-state index in [0.29, 0.717) is 5.89 Å². The number of imidazole rings is 1. The van der Waals surface area contributed by atoms with E-state index in [2.05, 4.69) is 90.2 Å². The van der Waals surface area contributed by atoms with Crippen LogP contribution in [0.25, 0.3) is 62.5 Å². The third kappa shape index (κ3) is 4.89. The van der Waals surface area contributed by atoms with Crippen LogP contribution in [0.4, 0.5) is 11.4 Å². The summed E-state index contributed by atoms with van der Waals surface area (Å²) in [5, 5.41) is 3.20. The highest BCUT2D eigenvalue weighted by Crippen LogP contribution is 2.39. The SMILES string of the molecule is C=Cc1cccc(-c2nc(-c3ccc(N(CC)CC)cc3)c(-c3ccc(NC)cc3)[nH]2)c1-c1nc2ccccc2o1. The molecule has 0 saturated carbocycles. The van der Waals surface area contributed by atoms with Gasteiger partial charge in [0, 0.05) is 48.2 Å². The van der Waals surface area contributed by atoms with Crippen LogP contribution in [0.3, 0.4) is 0 Å². The monoisotopic (exact) mass is 539 g/mol. The molecule has 0 saturated heterocycles. The minimum absolute atomic E-state index is 0.540. The summed E-state index contributed by atoms with van der Waals surface area (Å²) in [5.74, 6) is 1.28. The lowest BCUT2D eigenvalue weighted by Crippen LogP contribution is -2.21. The van der Waals surface area contributed by atoms with Crippen LogP contribution in [0.1, 0.15) is 19.4 Å². The number of rotatable bonds is 9. The topological polar surface area (TPSA) is 70.0 Å². The van der Waals surface area contributed by atoms with Gasteiger partial charge in [-0.1, -0.05) is 67.3 Å². The van der Waals surface area contributed by atoms with Crippen molar-refractivity contribution in [3.05, 3.63) is 103 Å². The van der Waals surface area contributed by atoms with Crippen LogP contribution in [0.2, 0.25) is 0 Å². The molecule has 2 heterocycles. The van der Waals surface area contributed by atoms with E-state index >= 15 is 0 Å². The van der Waals surface area contributed by atoms with Crippen molar-refractivity contribution in [3.8, 4) is 45.4 Å². The molecule has 0 atom stereocenters. The van der Waals surface area contributed by atoms with Gasteiger partial charge in [0.2, 0.25) is 5.89 Å². The molecule has 204 valence electrons. The summed E-state index contributed by atoms with van der Waals surface area (Å²) in [5.41, 5.74) is 10.4. The Hall–Kier alpha value is -5.10. The Morgan fingerprint density at radius 1 is 0.854 bits per heavy atom. The molecule has 6 rings (SSSR count). The van der Waals surface area contributed by atoms with Crippen molar-refractivity contribution in [2.75, 3.05) is 30.4 Å². The molecule has 0 fully saturated rings. The first-order valence-corrected chi connectivity index (χ1v) is 14.0. The minimum atomic E-state index is 0.540. The summed E-state index contributed by atoms with van der Waals surface area (Å²) in [4.78, 5) is 16.0. The van der Waals surface area contributed by atoms with Gasteiger partial charge in [0.15, 0.2) is 5.58 Å². The molecule has 2 N–H and O–H groups in total. The molecule has 2 aromatic heterocycles. The average molecular weight is 540 g/mol. The highest BCUT2D eigenvalue weighted by atomic mass is 16.3. The van der Waals surface area contributed by atoms with E-state index in [0.717, 1.165) is 74.9 Å². The highest BCUT2D eigenvalue weighted by Gasteiger charge is 2.22. The van der Waals surface area contributed by atoms with E-state index in [1.54, 1.807) is 0 Å². The van der Waals surface area contributed by atoms with Gasteiger partial charge in [-0.05, 0) is 55.8 Å². The number of benzene rings is 4. The molecule has 0 aliphatic heterocycles. The van der Waals surface area contributed by atoms with Crippen molar-refractivity contribution in [2.24, 2.45) is 0 Å². The van der Waals surface area contributed by atoms with E-state index in [9.17, 15) is 0 Å². The van der Waals surface area contributed by atoms with E-state index in [4.69, 9.17) is 14.4 Å². The first-order chi connectivity index (χ1) is 20.1. The molecule has 0 radical (unpaired) electrons. The van der Waals surface area contributed by atoms with Crippen LogP contribution in [0, 0.1) is 0 Å². The van der Waals surface area contributed by atoms with Gasteiger partial charge in [-0.3, -0.25) is 0 Å². The quantitative estimate of drug-likeness (QED) is 0.192. The van der Waals surface area contributed by atoms with Gasteiger partial charge < -0.3 is 19.6 Å². The first kappa shape index (κ1) is 26.1. The predicted octanol–water partition coefficient (Wildman–Crippen LogP) is 8.75. The highest BCUT2D eigenvalue weighted by molar-refractivity contribution is 5.89. The molecule has 41 heavy (non-hydrogen) atoms.